The van der Waals surface area contributed by atoms with E-state index in [1.54, 1.807) is 13.1 Å². The van der Waals surface area contributed by atoms with E-state index in [4.69, 9.17) is 4.74 Å². The number of hydrogen-bond donors (Lipinski definition) is 1. The molecule has 0 spiro atoms. The molecule has 2 rings (SSSR count). The minimum Gasteiger partial charge on any atom is -0.377 e. The van der Waals surface area contributed by atoms with Crippen molar-refractivity contribution in [3.05, 3.63) is 35.4 Å². The lowest BCUT2D eigenvalue weighted by Crippen LogP contribution is -2.42. The molecule has 1 aliphatic heterocycles. The van der Waals surface area contributed by atoms with E-state index in [0.29, 0.717) is 18.7 Å². The van der Waals surface area contributed by atoms with E-state index in [0.717, 1.165) is 18.6 Å². The summed E-state index contributed by atoms with van der Waals surface area (Å²) in [5, 5.41) is 2.88. The maximum atomic E-state index is 12.8. The maximum Gasteiger partial charge on any atom is 0.416 e. The first-order valence-electron chi connectivity index (χ1n) is 8.75. The van der Waals surface area contributed by atoms with E-state index in [2.05, 4.69) is 26.1 Å². The fourth-order valence-electron chi connectivity index (χ4n) is 3.35. The molecule has 1 aromatic carbocycles. The number of rotatable bonds is 4. The largest absolute Gasteiger partial charge is 0.416 e. The summed E-state index contributed by atoms with van der Waals surface area (Å²) < 4.78 is 44.1. The van der Waals surface area contributed by atoms with Gasteiger partial charge in [-0.3, -0.25) is 0 Å². The maximum absolute atomic E-state index is 12.8. The van der Waals surface area contributed by atoms with Crippen LogP contribution in [0.1, 0.15) is 38.3 Å². The van der Waals surface area contributed by atoms with Crippen LogP contribution in [0.2, 0.25) is 0 Å². The van der Waals surface area contributed by atoms with Crippen molar-refractivity contribution in [2.24, 2.45) is 11.3 Å². The first-order valence-corrected chi connectivity index (χ1v) is 8.75. The molecule has 26 heavy (non-hydrogen) atoms. The predicted octanol–water partition coefficient (Wildman–Crippen LogP) is 4.30. The SMILES string of the molecule is CN(Cc1cccc(C(F)(F)F)c1)C(=O)NC[C@H]1CCO[C@@H]1C(C)(C)C. The Hall–Kier alpha value is -1.76. The monoisotopic (exact) mass is 372 g/mol. The van der Waals surface area contributed by atoms with Crippen LogP contribution in [-0.4, -0.2) is 37.2 Å². The Balaban J connectivity index is 1.90. The molecule has 146 valence electrons. The topological polar surface area (TPSA) is 41.6 Å². The van der Waals surface area contributed by atoms with Gasteiger partial charge in [-0.05, 0) is 29.5 Å². The number of carbonyl (C=O) groups excluding carboxylic acids is 1. The van der Waals surface area contributed by atoms with Gasteiger partial charge in [0.1, 0.15) is 0 Å². The van der Waals surface area contributed by atoms with E-state index in [1.807, 2.05) is 0 Å². The Bertz CT molecular complexity index is 626. The zero-order valence-electron chi connectivity index (χ0n) is 15.7. The molecule has 0 unspecified atom stereocenters. The molecule has 7 heteroatoms. The molecule has 2 atom stereocenters. The summed E-state index contributed by atoms with van der Waals surface area (Å²) in [6.45, 7) is 7.61. The van der Waals surface area contributed by atoms with Crippen molar-refractivity contribution in [3.63, 3.8) is 0 Å². The number of nitrogens with one attached hydrogen (secondary N) is 1. The van der Waals surface area contributed by atoms with Crippen LogP contribution in [0, 0.1) is 11.3 Å². The number of alkyl halides is 3. The van der Waals surface area contributed by atoms with Crippen LogP contribution in [0.3, 0.4) is 0 Å². The van der Waals surface area contributed by atoms with Crippen LogP contribution in [0.25, 0.3) is 0 Å². The van der Waals surface area contributed by atoms with Crippen molar-refractivity contribution in [2.75, 3.05) is 20.2 Å². The van der Waals surface area contributed by atoms with Crippen LogP contribution in [0.15, 0.2) is 24.3 Å². The number of ether oxygens (including phenoxy) is 1. The van der Waals surface area contributed by atoms with Crippen LogP contribution < -0.4 is 5.32 Å². The van der Waals surface area contributed by atoms with E-state index in [-0.39, 0.29) is 30.0 Å². The second-order valence-corrected chi connectivity index (χ2v) is 7.95. The molecular formula is C19H27F3N2O2. The van der Waals surface area contributed by atoms with Gasteiger partial charge in [-0.1, -0.05) is 32.9 Å². The number of amides is 2. The summed E-state index contributed by atoms with van der Waals surface area (Å²) in [6, 6.07) is 4.73. The van der Waals surface area contributed by atoms with Gasteiger partial charge in [-0.25, -0.2) is 4.79 Å². The van der Waals surface area contributed by atoms with E-state index < -0.39 is 11.7 Å². The first-order chi connectivity index (χ1) is 12.0. The van der Waals surface area contributed by atoms with Gasteiger partial charge in [-0.2, -0.15) is 13.2 Å². The van der Waals surface area contributed by atoms with Crippen molar-refractivity contribution < 1.29 is 22.7 Å². The average molecular weight is 372 g/mol. The Morgan fingerprint density at radius 2 is 2.00 bits per heavy atom. The molecule has 1 aliphatic rings. The average Bonchev–Trinajstić information content (AvgIpc) is 3.00. The summed E-state index contributed by atoms with van der Waals surface area (Å²) in [5.41, 5.74) is -0.273. The lowest BCUT2D eigenvalue weighted by molar-refractivity contribution is -0.137. The molecule has 0 bridgehead atoms. The first kappa shape index (κ1) is 20.6. The smallest absolute Gasteiger partial charge is 0.377 e. The molecular weight excluding hydrogens is 345 g/mol. The third-order valence-corrected chi connectivity index (χ3v) is 4.60. The van der Waals surface area contributed by atoms with Crippen molar-refractivity contribution >= 4 is 6.03 Å². The highest BCUT2D eigenvalue weighted by Crippen LogP contribution is 2.34. The Morgan fingerprint density at radius 3 is 2.62 bits per heavy atom. The van der Waals surface area contributed by atoms with Crippen LogP contribution in [-0.2, 0) is 17.5 Å². The molecule has 1 fully saturated rings. The van der Waals surface area contributed by atoms with E-state index >= 15 is 0 Å². The van der Waals surface area contributed by atoms with Crippen LogP contribution in [0.5, 0.6) is 0 Å². The van der Waals surface area contributed by atoms with Crippen molar-refractivity contribution in [1.29, 1.82) is 0 Å². The molecule has 0 aliphatic carbocycles. The van der Waals surface area contributed by atoms with E-state index in [1.165, 1.54) is 11.0 Å². The molecule has 1 saturated heterocycles. The number of halogens is 3. The Morgan fingerprint density at radius 1 is 1.31 bits per heavy atom. The number of urea groups is 1. The number of nitrogens with zero attached hydrogens (tertiary/aromatic N) is 1. The molecule has 0 aromatic heterocycles. The second kappa shape index (κ2) is 7.86. The lowest BCUT2D eigenvalue weighted by atomic mass is 9.81. The molecule has 0 radical (unpaired) electrons. The molecule has 1 heterocycles. The van der Waals surface area contributed by atoms with Gasteiger partial charge in [0.05, 0.1) is 11.7 Å². The van der Waals surface area contributed by atoms with Gasteiger partial charge in [0.15, 0.2) is 0 Å². The number of carbonyl (C=O) groups is 1. The van der Waals surface area contributed by atoms with Gasteiger partial charge >= 0.3 is 12.2 Å². The third kappa shape index (κ3) is 5.37. The van der Waals surface area contributed by atoms with Gasteiger partial charge in [-0.15, -0.1) is 0 Å². The molecule has 2 amide bonds. The molecule has 1 N–H and O–H groups in total. The highest BCUT2D eigenvalue weighted by Gasteiger charge is 2.37. The van der Waals surface area contributed by atoms with Crippen LogP contribution >= 0.6 is 0 Å². The Labute approximate surface area is 152 Å². The molecule has 4 nitrogen and oxygen atoms in total. The Kier molecular flexibility index (Phi) is 6.21. The minimum atomic E-state index is -4.39. The summed E-state index contributed by atoms with van der Waals surface area (Å²) in [7, 11) is 1.57. The van der Waals surface area contributed by atoms with Crippen molar-refractivity contribution in [3.8, 4) is 0 Å². The lowest BCUT2D eigenvalue weighted by Gasteiger charge is -2.31. The number of hydrogen-bond acceptors (Lipinski definition) is 2. The fourth-order valence-corrected chi connectivity index (χ4v) is 3.35. The zero-order chi connectivity index (χ0) is 19.5. The highest BCUT2D eigenvalue weighted by molar-refractivity contribution is 5.73. The third-order valence-electron chi connectivity index (χ3n) is 4.60. The predicted molar refractivity (Wildman–Crippen MR) is 93.6 cm³/mol. The van der Waals surface area contributed by atoms with Gasteiger partial charge in [0, 0.05) is 32.7 Å². The zero-order valence-corrected chi connectivity index (χ0v) is 15.7. The second-order valence-electron chi connectivity index (χ2n) is 7.95. The van der Waals surface area contributed by atoms with E-state index in [9.17, 15) is 18.0 Å². The quantitative estimate of drug-likeness (QED) is 0.856. The normalized spacial score (nSPS) is 20.9. The highest BCUT2D eigenvalue weighted by atomic mass is 19.4. The molecule has 0 saturated carbocycles. The molecule has 1 aromatic rings. The minimum absolute atomic E-state index is 0.00414. The summed E-state index contributed by atoms with van der Waals surface area (Å²) in [6.07, 6.45) is -3.42. The summed E-state index contributed by atoms with van der Waals surface area (Å²) in [5.74, 6) is 0.237. The van der Waals surface area contributed by atoms with Gasteiger partial charge in [0.2, 0.25) is 0 Å². The standard InChI is InChI=1S/C19H27F3N2O2/c1-18(2,3)16-14(8-9-26-16)11-23-17(25)24(4)12-13-6-5-7-15(10-13)19(20,21)22/h5-7,10,14,16H,8-9,11-12H2,1-4H3,(H,23,25)/t14-,16+/m1/s1. The number of benzene rings is 1. The van der Waals surface area contributed by atoms with Gasteiger partial charge < -0.3 is 15.0 Å². The van der Waals surface area contributed by atoms with Gasteiger partial charge in [0.25, 0.3) is 0 Å². The summed E-state index contributed by atoms with van der Waals surface area (Å²) >= 11 is 0. The van der Waals surface area contributed by atoms with Crippen molar-refractivity contribution in [2.45, 2.75) is 46.0 Å². The summed E-state index contributed by atoms with van der Waals surface area (Å²) in [4.78, 5) is 13.7. The van der Waals surface area contributed by atoms with Crippen molar-refractivity contribution in [1.82, 2.24) is 10.2 Å². The van der Waals surface area contributed by atoms with Crippen LogP contribution in [0.4, 0.5) is 18.0 Å². The fraction of sp³-hybridized carbons (Fsp3) is 0.632.